The molecule has 0 aliphatic heterocycles. The number of hydrogen-bond acceptors (Lipinski definition) is 3. The minimum absolute atomic E-state index is 0.0398. The predicted octanol–water partition coefficient (Wildman–Crippen LogP) is 4.65. The summed E-state index contributed by atoms with van der Waals surface area (Å²) in [4.78, 5) is 25.9. The van der Waals surface area contributed by atoms with Crippen molar-refractivity contribution in [2.75, 3.05) is 13.1 Å². The van der Waals surface area contributed by atoms with Crippen molar-refractivity contribution in [3.8, 4) is 5.75 Å². The second-order valence-corrected chi connectivity index (χ2v) is 6.36. The summed E-state index contributed by atoms with van der Waals surface area (Å²) in [6.45, 7) is 4.81. The summed E-state index contributed by atoms with van der Waals surface area (Å²) in [5.74, 6) is 0.633. The van der Waals surface area contributed by atoms with Gasteiger partial charge >= 0.3 is 0 Å². The largest absolute Gasteiger partial charge is 0.465 e. The van der Waals surface area contributed by atoms with Gasteiger partial charge in [-0.25, -0.2) is 0 Å². The molecule has 0 aliphatic rings. The molecule has 27 heavy (non-hydrogen) atoms. The molecule has 0 fully saturated rings. The number of benzene rings is 2. The molecule has 2 aromatic carbocycles. The smallest absolute Gasteiger partial charge is 0.219 e. The van der Waals surface area contributed by atoms with E-state index < -0.39 is 0 Å². The summed E-state index contributed by atoms with van der Waals surface area (Å²) in [5, 5.41) is 0. The molecule has 2 aromatic rings. The number of amides is 1. The number of ether oxygens (including phenoxy) is 1. The van der Waals surface area contributed by atoms with Crippen LogP contribution in [0.1, 0.15) is 42.6 Å². The number of Topliss-reactive ketones (excluding diaryl/α,β-unsaturated/α-hetero) is 1. The monoisotopic (exact) mass is 365 g/mol. The summed E-state index contributed by atoms with van der Waals surface area (Å²) in [6, 6.07) is 17.2. The predicted molar refractivity (Wildman–Crippen MR) is 108 cm³/mol. The van der Waals surface area contributed by atoms with Crippen molar-refractivity contribution < 1.29 is 14.3 Å². The molecule has 2 rings (SSSR count). The third-order valence-electron chi connectivity index (χ3n) is 4.23. The topological polar surface area (TPSA) is 46.6 Å². The SMILES string of the molecule is CCCN(C/C=C/Oc1ccccc1C(=O)CCc1ccccc1)C(C)=O. The van der Waals surface area contributed by atoms with Gasteiger partial charge in [0.1, 0.15) is 5.75 Å². The van der Waals surface area contributed by atoms with E-state index in [0.29, 0.717) is 37.2 Å². The molecule has 1 amide bonds. The van der Waals surface area contributed by atoms with Crippen LogP contribution < -0.4 is 4.74 Å². The molecule has 0 aromatic heterocycles. The summed E-state index contributed by atoms with van der Waals surface area (Å²) in [7, 11) is 0. The Morgan fingerprint density at radius 1 is 1.04 bits per heavy atom. The third kappa shape index (κ3) is 6.74. The lowest BCUT2D eigenvalue weighted by molar-refractivity contribution is -0.128. The lowest BCUT2D eigenvalue weighted by Gasteiger charge is -2.17. The highest BCUT2D eigenvalue weighted by atomic mass is 16.5. The Hall–Kier alpha value is -2.88. The van der Waals surface area contributed by atoms with Gasteiger partial charge in [-0.2, -0.15) is 0 Å². The Balaban J connectivity index is 1.95. The Labute approximate surface area is 161 Å². The van der Waals surface area contributed by atoms with Crippen LogP contribution in [-0.2, 0) is 11.2 Å². The molecule has 0 atom stereocenters. The first-order valence-electron chi connectivity index (χ1n) is 9.35. The van der Waals surface area contributed by atoms with Gasteiger partial charge in [-0.3, -0.25) is 9.59 Å². The number of hydrogen-bond donors (Lipinski definition) is 0. The molecule has 0 saturated carbocycles. The van der Waals surface area contributed by atoms with Crippen LogP contribution in [0.2, 0.25) is 0 Å². The van der Waals surface area contributed by atoms with E-state index in [2.05, 4.69) is 0 Å². The summed E-state index contributed by atoms with van der Waals surface area (Å²) in [5.41, 5.74) is 1.72. The van der Waals surface area contributed by atoms with Crippen LogP contribution in [0.5, 0.6) is 5.75 Å². The fraction of sp³-hybridized carbons (Fsp3) is 0.304. The van der Waals surface area contributed by atoms with Crippen LogP contribution in [0.15, 0.2) is 66.9 Å². The minimum atomic E-state index is 0.0398. The standard InChI is InChI=1S/C23H27NO3/c1-3-16-24(19(2)25)17-9-18-27-23-13-8-7-12-21(23)22(26)15-14-20-10-5-4-6-11-20/h4-13,18H,3,14-17H2,1-2H3/b18-9+. The van der Waals surface area contributed by atoms with E-state index in [0.717, 1.165) is 12.0 Å². The zero-order valence-corrected chi connectivity index (χ0v) is 16.1. The molecule has 0 saturated heterocycles. The normalized spacial score (nSPS) is 10.7. The van der Waals surface area contributed by atoms with E-state index in [4.69, 9.17) is 4.74 Å². The van der Waals surface area contributed by atoms with E-state index >= 15 is 0 Å². The van der Waals surface area contributed by atoms with Gasteiger partial charge in [-0.15, -0.1) is 0 Å². The number of nitrogens with zero attached hydrogens (tertiary/aromatic N) is 1. The maximum absolute atomic E-state index is 12.6. The fourth-order valence-electron chi connectivity index (χ4n) is 2.78. The zero-order valence-electron chi connectivity index (χ0n) is 16.1. The number of carbonyl (C=O) groups is 2. The van der Waals surface area contributed by atoms with Gasteiger partial charge in [0.15, 0.2) is 5.78 Å². The minimum Gasteiger partial charge on any atom is -0.465 e. The second-order valence-electron chi connectivity index (χ2n) is 6.36. The van der Waals surface area contributed by atoms with Gasteiger partial charge in [0.25, 0.3) is 0 Å². The van der Waals surface area contributed by atoms with Crippen LogP contribution in [0.25, 0.3) is 0 Å². The number of aryl methyl sites for hydroxylation is 1. The molecule has 0 heterocycles. The number of rotatable bonds is 10. The van der Waals surface area contributed by atoms with Crippen LogP contribution in [0, 0.1) is 0 Å². The average molecular weight is 365 g/mol. The lowest BCUT2D eigenvalue weighted by Crippen LogP contribution is -2.29. The van der Waals surface area contributed by atoms with Gasteiger partial charge in [-0.1, -0.05) is 49.4 Å². The van der Waals surface area contributed by atoms with Crippen molar-refractivity contribution in [2.24, 2.45) is 0 Å². The van der Waals surface area contributed by atoms with E-state index in [-0.39, 0.29) is 11.7 Å². The molecule has 0 radical (unpaired) electrons. The highest BCUT2D eigenvalue weighted by molar-refractivity contribution is 5.98. The molecule has 0 spiro atoms. The summed E-state index contributed by atoms with van der Waals surface area (Å²) >= 11 is 0. The van der Waals surface area contributed by atoms with Crippen LogP contribution in [0.3, 0.4) is 0 Å². The molecular weight excluding hydrogens is 338 g/mol. The average Bonchev–Trinajstić information content (AvgIpc) is 2.69. The third-order valence-corrected chi connectivity index (χ3v) is 4.23. The fourth-order valence-corrected chi connectivity index (χ4v) is 2.78. The first-order chi connectivity index (χ1) is 13.1. The molecule has 142 valence electrons. The van der Waals surface area contributed by atoms with Crippen LogP contribution >= 0.6 is 0 Å². The van der Waals surface area contributed by atoms with Gasteiger partial charge in [0.05, 0.1) is 11.8 Å². The number of para-hydroxylation sites is 1. The number of ketones is 1. The van der Waals surface area contributed by atoms with E-state index in [1.807, 2.05) is 49.4 Å². The van der Waals surface area contributed by atoms with E-state index in [1.165, 1.54) is 0 Å². The van der Waals surface area contributed by atoms with Gasteiger partial charge in [-0.05, 0) is 36.6 Å². The Morgan fingerprint density at radius 2 is 1.74 bits per heavy atom. The molecular formula is C23H27NO3. The Morgan fingerprint density at radius 3 is 2.44 bits per heavy atom. The van der Waals surface area contributed by atoms with Crippen molar-refractivity contribution in [2.45, 2.75) is 33.1 Å². The van der Waals surface area contributed by atoms with E-state index in [9.17, 15) is 9.59 Å². The van der Waals surface area contributed by atoms with Crippen LogP contribution in [-0.4, -0.2) is 29.7 Å². The van der Waals surface area contributed by atoms with Crippen molar-refractivity contribution in [3.63, 3.8) is 0 Å². The van der Waals surface area contributed by atoms with Gasteiger partial charge in [0, 0.05) is 26.4 Å². The first kappa shape index (κ1) is 20.4. The first-order valence-corrected chi connectivity index (χ1v) is 9.35. The maximum atomic E-state index is 12.6. The second kappa shape index (κ2) is 11.0. The van der Waals surface area contributed by atoms with Crippen molar-refractivity contribution in [3.05, 3.63) is 78.1 Å². The zero-order chi connectivity index (χ0) is 19.5. The summed E-state index contributed by atoms with van der Waals surface area (Å²) < 4.78 is 5.68. The van der Waals surface area contributed by atoms with Gasteiger partial charge < -0.3 is 9.64 Å². The number of carbonyl (C=O) groups excluding carboxylic acids is 2. The summed E-state index contributed by atoms with van der Waals surface area (Å²) in [6.07, 6.45) is 5.39. The van der Waals surface area contributed by atoms with Crippen molar-refractivity contribution >= 4 is 11.7 Å². The molecule has 4 nitrogen and oxygen atoms in total. The lowest BCUT2D eigenvalue weighted by atomic mass is 10.0. The molecule has 0 bridgehead atoms. The Bertz CT molecular complexity index is 768. The molecule has 0 N–H and O–H groups in total. The highest BCUT2D eigenvalue weighted by Gasteiger charge is 2.12. The molecule has 0 unspecified atom stereocenters. The van der Waals surface area contributed by atoms with Crippen molar-refractivity contribution in [1.29, 1.82) is 0 Å². The quantitative estimate of drug-likeness (QED) is 0.455. The van der Waals surface area contributed by atoms with Crippen molar-refractivity contribution in [1.82, 2.24) is 4.90 Å². The molecule has 0 aliphatic carbocycles. The Kier molecular flexibility index (Phi) is 8.30. The van der Waals surface area contributed by atoms with Gasteiger partial charge in [0.2, 0.25) is 5.91 Å². The van der Waals surface area contributed by atoms with Crippen LogP contribution in [0.4, 0.5) is 0 Å². The maximum Gasteiger partial charge on any atom is 0.219 e. The van der Waals surface area contributed by atoms with E-state index in [1.54, 1.807) is 36.3 Å². The molecule has 4 heteroatoms. The highest BCUT2D eigenvalue weighted by Crippen LogP contribution is 2.21.